The van der Waals surface area contributed by atoms with E-state index >= 15 is 0 Å². The highest BCUT2D eigenvalue weighted by Gasteiger charge is 2.30. The molecule has 1 aromatic heterocycles. The molecule has 1 saturated carbocycles. The number of rotatable bonds is 3. The van der Waals surface area contributed by atoms with Gasteiger partial charge in [-0.1, -0.05) is 31.4 Å². The maximum absolute atomic E-state index is 12.6. The lowest BCUT2D eigenvalue weighted by Crippen LogP contribution is -2.40. The number of carbonyl (C=O) groups is 1. The summed E-state index contributed by atoms with van der Waals surface area (Å²) < 4.78 is 2.19. The Morgan fingerprint density at radius 3 is 2.67 bits per heavy atom. The van der Waals surface area contributed by atoms with Crippen LogP contribution in [-0.2, 0) is 6.54 Å². The molecule has 1 aromatic rings. The Balaban J connectivity index is 1.46. The standard InChI is InChI=1S/C19H28N4O/c1-15-18-20-17(19(24)21-9-5-6-10-21)14-23(18)12-11-22(15)13-16-7-3-2-4-8-16/h5-6,14-16H,2-4,7-13H2,1H3/t15-/m0/s1. The van der Waals surface area contributed by atoms with Crippen molar-refractivity contribution in [2.75, 3.05) is 26.2 Å². The highest BCUT2D eigenvalue weighted by Crippen LogP contribution is 2.30. The van der Waals surface area contributed by atoms with Crippen LogP contribution in [0.5, 0.6) is 0 Å². The molecule has 4 rings (SSSR count). The molecule has 0 saturated heterocycles. The fraction of sp³-hybridized carbons (Fsp3) is 0.684. The lowest BCUT2D eigenvalue weighted by Gasteiger charge is -2.37. The molecule has 1 amide bonds. The van der Waals surface area contributed by atoms with Crippen LogP contribution in [0, 0.1) is 5.92 Å². The van der Waals surface area contributed by atoms with Gasteiger partial charge in [0.05, 0.1) is 6.04 Å². The average Bonchev–Trinajstić information content (AvgIpc) is 3.27. The number of amides is 1. The molecule has 0 N–H and O–H groups in total. The molecule has 24 heavy (non-hydrogen) atoms. The third-order valence-corrected chi connectivity index (χ3v) is 5.90. The van der Waals surface area contributed by atoms with Gasteiger partial charge in [-0.05, 0) is 25.7 Å². The van der Waals surface area contributed by atoms with Crippen molar-refractivity contribution in [2.45, 2.75) is 51.6 Å². The summed E-state index contributed by atoms with van der Waals surface area (Å²) in [6, 6.07) is 0.305. The van der Waals surface area contributed by atoms with Crippen LogP contribution in [0.1, 0.15) is 61.4 Å². The molecule has 0 unspecified atom stereocenters. The SMILES string of the molecule is C[C@H]1c2nc(C(=O)N3CC=CC3)cn2CCN1CC1CCCCC1. The molecule has 0 bridgehead atoms. The quantitative estimate of drug-likeness (QED) is 0.801. The van der Waals surface area contributed by atoms with Crippen LogP contribution in [-0.4, -0.2) is 51.4 Å². The summed E-state index contributed by atoms with van der Waals surface area (Å²) in [7, 11) is 0. The van der Waals surface area contributed by atoms with E-state index in [1.165, 1.54) is 38.6 Å². The molecule has 1 aliphatic carbocycles. The number of carbonyl (C=O) groups excluding carboxylic acids is 1. The first-order chi connectivity index (χ1) is 11.7. The summed E-state index contributed by atoms with van der Waals surface area (Å²) in [6.45, 7) is 6.87. The van der Waals surface area contributed by atoms with Crippen LogP contribution in [0.25, 0.3) is 0 Å². The fourth-order valence-electron chi connectivity index (χ4n) is 4.40. The van der Waals surface area contributed by atoms with E-state index in [4.69, 9.17) is 4.98 Å². The van der Waals surface area contributed by atoms with Gasteiger partial charge in [0.2, 0.25) is 0 Å². The van der Waals surface area contributed by atoms with E-state index < -0.39 is 0 Å². The van der Waals surface area contributed by atoms with Gasteiger partial charge in [-0.2, -0.15) is 0 Å². The van der Waals surface area contributed by atoms with Gasteiger partial charge in [0.1, 0.15) is 11.5 Å². The van der Waals surface area contributed by atoms with E-state index in [9.17, 15) is 4.79 Å². The number of fused-ring (bicyclic) bond motifs is 1. The lowest BCUT2D eigenvalue weighted by molar-refractivity contribution is 0.0794. The van der Waals surface area contributed by atoms with Gasteiger partial charge in [0, 0.05) is 38.9 Å². The number of hydrogen-bond acceptors (Lipinski definition) is 3. The molecular weight excluding hydrogens is 300 g/mol. The highest BCUT2D eigenvalue weighted by atomic mass is 16.2. The Hall–Kier alpha value is -1.62. The summed E-state index contributed by atoms with van der Waals surface area (Å²) >= 11 is 0. The molecule has 2 aliphatic heterocycles. The smallest absolute Gasteiger partial charge is 0.274 e. The van der Waals surface area contributed by atoms with Crippen molar-refractivity contribution in [1.29, 1.82) is 0 Å². The summed E-state index contributed by atoms with van der Waals surface area (Å²) in [4.78, 5) is 21.7. The monoisotopic (exact) mass is 328 g/mol. The van der Waals surface area contributed by atoms with Crippen molar-refractivity contribution < 1.29 is 4.79 Å². The fourth-order valence-corrected chi connectivity index (χ4v) is 4.40. The van der Waals surface area contributed by atoms with E-state index in [-0.39, 0.29) is 5.91 Å². The zero-order valence-corrected chi connectivity index (χ0v) is 14.7. The van der Waals surface area contributed by atoms with Crippen molar-refractivity contribution in [3.63, 3.8) is 0 Å². The van der Waals surface area contributed by atoms with E-state index in [1.54, 1.807) is 0 Å². The second kappa shape index (κ2) is 6.71. The van der Waals surface area contributed by atoms with Gasteiger partial charge < -0.3 is 9.47 Å². The molecule has 0 aromatic carbocycles. The van der Waals surface area contributed by atoms with Crippen LogP contribution in [0.4, 0.5) is 0 Å². The molecule has 0 radical (unpaired) electrons. The third-order valence-electron chi connectivity index (χ3n) is 5.90. The van der Waals surface area contributed by atoms with E-state index in [0.717, 1.165) is 24.8 Å². The summed E-state index contributed by atoms with van der Waals surface area (Å²) in [5.41, 5.74) is 0.611. The van der Waals surface area contributed by atoms with E-state index in [2.05, 4.69) is 16.4 Å². The van der Waals surface area contributed by atoms with Crippen LogP contribution in [0.3, 0.4) is 0 Å². The molecule has 1 atom stereocenters. The number of hydrogen-bond donors (Lipinski definition) is 0. The van der Waals surface area contributed by atoms with Crippen LogP contribution >= 0.6 is 0 Å². The Morgan fingerprint density at radius 1 is 1.17 bits per heavy atom. The summed E-state index contributed by atoms with van der Waals surface area (Å²) in [5, 5.41) is 0. The van der Waals surface area contributed by atoms with Gasteiger partial charge in [-0.15, -0.1) is 0 Å². The molecule has 1 fully saturated rings. The number of nitrogens with zero attached hydrogens (tertiary/aromatic N) is 4. The predicted molar refractivity (Wildman–Crippen MR) is 93.8 cm³/mol. The molecule has 5 heteroatoms. The summed E-state index contributed by atoms with van der Waals surface area (Å²) in [6.07, 6.45) is 13.0. The van der Waals surface area contributed by atoms with Crippen LogP contribution in [0.2, 0.25) is 0 Å². The minimum absolute atomic E-state index is 0.0629. The minimum atomic E-state index is 0.0629. The molecule has 3 heterocycles. The zero-order valence-electron chi connectivity index (χ0n) is 14.7. The lowest BCUT2D eigenvalue weighted by atomic mass is 9.88. The van der Waals surface area contributed by atoms with Gasteiger partial charge >= 0.3 is 0 Å². The molecule has 5 nitrogen and oxygen atoms in total. The van der Waals surface area contributed by atoms with Crippen molar-refractivity contribution in [2.24, 2.45) is 5.92 Å². The molecule has 130 valence electrons. The van der Waals surface area contributed by atoms with Gasteiger partial charge in [-0.25, -0.2) is 4.98 Å². The predicted octanol–water partition coefficient (Wildman–Crippen LogP) is 2.85. The maximum atomic E-state index is 12.6. The largest absolute Gasteiger partial charge is 0.331 e. The minimum Gasteiger partial charge on any atom is -0.331 e. The first-order valence-electron chi connectivity index (χ1n) is 9.48. The Bertz CT molecular complexity index is 621. The van der Waals surface area contributed by atoms with E-state index in [0.29, 0.717) is 24.8 Å². The maximum Gasteiger partial charge on any atom is 0.274 e. The molecule has 0 spiro atoms. The Kier molecular flexibility index (Phi) is 4.44. The van der Waals surface area contributed by atoms with Crippen LogP contribution in [0.15, 0.2) is 18.3 Å². The first kappa shape index (κ1) is 15.9. The zero-order chi connectivity index (χ0) is 16.5. The van der Waals surface area contributed by atoms with Gasteiger partial charge in [-0.3, -0.25) is 9.69 Å². The van der Waals surface area contributed by atoms with Crippen molar-refractivity contribution >= 4 is 5.91 Å². The van der Waals surface area contributed by atoms with Gasteiger partial charge in [0.25, 0.3) is 5.91 Å². The Labute approximate surface area is 144 Å². The normalized spacial score (nSPS) is 25.2. The first-order valence-corrected chi connectivity index (χ1v) is 9.48. The second-order valence-electron chi connectivity index (χ2n) is 7.53. The third kappa shape index (κ3) is 3.02. The topological polar surface area (TPSA) is 41.4 Å². The van der Waals surface area contributed by atoms with E-state index in [1.807, 2.05) is 23.2 Å². The van der Waals surface area contributed by atoms with Crippen molar-refractivity contribution in [3.8, 4) is 0 Å². The summed E-state index contributed by atoms with van der Waals surface area (Å²) in [5.74, 6) is 1.97. The number of imidazole rings is 1. The number of aromatic nitrogens is 2. The highest BCUT2D eigenvalue weighted by molar-refractivity contribution is 5.92. The molecular formula is C19H28N4O. The Morgan fingerprint density at radius 2 is 1.92 bits per heavy atom. The van der Waals surface area contributed by atoms with Crippen LogP contribution < -0.4 is 0 Å². The van der Waals surface area contributed by atoms with Crippen molar-refractivity contribution in [3.05, 3.63) is 29.9 Å². The van der Waals surface area contributed by atoms with Crippen molar-refractivity contribution in [1.82, 2.24) is 19.4 Å². The average molecular weight is 328 g/mol. The molecule has 3 aliphatic rings. The second-order valence-corrected chi connectivity index (χ2v) is 7.53. The van der Waals surface area contributed by atoms with Gasteiger partial charge in [0.15, 0.2) is 0 Å².